The van der Waals surface area contributed by atoms with Crippen molar-refractivity contribution in [3.63, 3.8) is 0 Å². The van der Waals surface area contributed by atoms with Crippen LogP contribution in [0.3, 0.4) is 0 Å². The van der Waals surface area contributed by atoms with Crippen LogP contribution >= 0.6 is 7.75 Å². The number of halogens is 7. The highest BCUT2D eigenvalue weighted by molar-refractivity contribution is 7.49. The molecular formula is C44H62F7N6O16P. The molecule has 11 atom stereocenters. The zero-order valence-electron chi connectivity index (χ0n) is 39.8. The van der Waals surface area contributed by atoms with Gasteiger partial charge in [-0.15, -0.1) is 9.55 Å². The maximum absolute atomic E-state index is 13.9. The summed E-state index contributed by atoms with van der Waals surface area (Å²) in [6, 6.07) is 13.6. The Hall–Kier alpha value is -4.34. The lowest BCUT2D eigenvalue weighted by Crippen LogP contribution is -2.48. The summed E-state index contributed by atoms with van der Waals surface area (Å²) in [6.07, 6.45) is -24.2. The van der Waals surface area contributed by atoms with E-state index in [0.29, 0.717) is 23.3 Å². The summed E-state index contributed by atoms with van der Waals surface area (Å²) < 4.78 is 120. The van der Waals surface area contributed by atoms with Crippen LogP contribution in [0.1, 0.15) is 52.7 Å². The van der Waals surface area contributed by atoms with Gasteiger partial charge in [0, 0.05) is 19.6 Å². The Bertz CT molecular complexity index is 2340. The quantitative estimate of drug-likeness (QED) is 0.0358. The van der Waals surface area contributed by atoms with Crippen molar-refractivity contribution in [1.29, 1.82) is 0 Å². The van der Waals surface area contributed by atoms with Crippen LogP contribution in [-0.4, -0.2) is 189 Å². The van der Waals surface area contributed by atoms with Crippen LogP contribution in [-0.2, 0) is 39.5 Å². The maximum atomic E-state index is 13.9. The number of rotatable bonds is 21. The molecule has 1 aromatic heterocycles. The van der Waals surface area contributed by atoms with Gasteiger partial charge in [-0.1, -0.05) is 42.5 Å². The van der Waals surface area contributed by atoms with E-state index in [1.807, 2.05) is 0 Å². The SMILES string of the molecule is CNC[C@H](O)[C@@H](O)[C@H](O)[C@H](O)CO.CNC[C@H](O)[C@@H](O)[C@H](O)[C@H](O)CO.C[C@@H](O[C@H]1OCCN(Cc2nn(P(=O)(O)O)c(=O)n2Cc2ccccc2)[C@H]1c1ccc(F)cc1)c1cc(C(F)(F)F)cc(C(F)(F)F)c1. The number of hydrogen-bond donors (Lipinski definition) is 14. The summed E-state index contributed by atoms with van der Waals surface area (Å²) in [7, 11) is -2.05. The molecule has 0 saturated carbocycles. The molecule has 3 aromatic carbocycles. The lowest BCUT2D eigenvalue weighted by Gasteiger charge is -2.41. The summed E-state index contributed by atoms with van der Waals surface area (Å²) in [5, 5.41) is 98.9. The van der Waals surface area contributed by atoms with Crippen molar-refractivity contribution in [3.05, 3.63) is 123 Å². The van der Waals surface area contributed by atoms with Crippen molar-refractivity contribution in [3.8, 4) is 0 Å². The fraction of sp³-hybridized carbons (Fsp3) is 0.545. The third kappa shape index (κ3) is 18.4. The fourth-order valence-corrected chi connectivity index (χ4v) is 7.66. The van der Waals surface area contributed by atoms with E-state index in [9.17, 15) is 60.1 Å². The molecular weight excluding hydrogens is 1030 g/mol. The van der Waals surface area contributed by atoms with Crippen molar-refractivity contribution >= 4 is 7.75 Å². The Kier molecular flexibility index (Phi) is 24.8. The summed E-state index contributed by atoms with van der Waals surface area (Å²) in [4.78, 5) is 34.4. The molecule has 22 nitrogen and oxygen atoms in total. The van der Waals surface area contributed by atoms with Gasteiger partial charge in [-0.25, -0.2) is 13.8 Å². The fourth-order valence-electron chi connectivity index (χ4n) is 7.10. The van der Waals surface area contributed by atoms with Gasteiger partial charge in [0.2, 0.25) is 0 Å². The van der Waals surface area contributed by atoms with Crippen molar-refractivity contribution in [2.45, 2.75) is 99.6 Å². The summed E-state index contributed by atoms with van der Waals surface area (Å²) >= 11 is 0. The second-order valence-electron chi connectivity index (χ2n) is 16.7. The first-order valence-electron chi connectivity index (χ1n) is 22.3. The third-order valence-electron chi connectivity index (χ3n) is 11.1. The average molecular weight is 1090 g/mol. The normalized spacial score (nSPS) is 19.4. The predicted octanol–water partition coefficient (Wildman–Crippen LogP) is -0.829. The van der Waals surface area contributed by atoms with Gasteiger partial charge in [0.15, 0.2) is 6.29 Å². The first-order chi connectivity index (χ1) is 34.5. The lowest BCUT2D eigenvalue weighted by molar-refractivity contribution is -0.231. The van der Waals surface area contributed by atoms with Gasteiger partial charge in [-0.3, -0.25) is 9.47 Å². The van der Waals surface area contributed by atoms with Gasteiger partial charge in [0.1, 0.15) is 48.3 Å². The Labute approximate surface area is 418 Å². The molecule has 0 spiro atoms. The molecule has 14 N–H and O–H groups in total. The Morgan fingerprint density at radius 3 is 1.65 bits per heavy atom. The minimum Gasteiger partial charge on any atom is -0.394 e. The molecule has 1 aliphatic heterocycles. The molecule has 418 valence electrons. The third-order valence-corrected chi connectivity index (χ3v) is 11.9. The van der Waals surface area contributed by atoms with E-state index in [1.54, 1.807) is 49.3 Å². The number of morpholine rings is 1. The molecule has 0 aliphatic carbocycles. The van der Waals surface area contributed by atoms with Crippen molar-refractivity contribution in [2.75, 3.05) is 53.6 Å². The van der Waals surface area contributed by atoms with Crippen LogP contribution in [0.15, 0.2) is 77.6 Å². The Morgan fingerprint density at radius 2 is 1.22 bits per heavy atom. The monoisotopic (exact) mass is 1090 g/mol. The molecule has 5 rings (SSSR count). The molecule has 30 heteroatoms. The highest BCUT2D eigenvalue weighted by Crippen LogP contribution is 2.40. The minimum absolute atomic E-state index is 0.00210. The van der Waals surface area contributed by atoms with E-state index in [4.69, 9.17) is 50.3 Å². The number of aliphatic hydroxyl groups excluding tert-OH is 10. The first kappa shape index (κ1) is 63.9. The van der Waals surface area contributed by atoms with E-state index in [2.05, 4.69) is 15.7 Å². The zero-order valence-corrected chi connectivity index (χ0v) is 40.7. The Balaban J connectivity index is 0.000000455. The van der Waals surface area contributed by atoms with Gasteiger partial charge in [-0.2, -0.15) is 26.3 Å². The van der Waals surface area contributed by atoms with Gasteiger partial charge in [-0.05, 0) is 68.0 Å². The number of nitrogens with one attached hydrogen (secondary N) is 2. The molecule has 1 saturated heterocycles. The highest BCUT2D eigenvalue weighted by Gasteiger charge is 2.41. The number of ether oxygens (including phenoxy) is 2. The van der Waals surface area contributed by atoms with E-state index < -0.39 is 129 Å². The van der Waals surface area contributed by atoms with Crippen molar-refractivity contribution < 1.29 is 106 Å². The molecule has 1 fully saturated rings. The van der Waals surface area contributed by atoms with Crippen LogP contribution in [0.5, 0.6) is 0 Å². The summed E-state index contributed by atoms with van der Waals surface area (Å²) in [6.45, 7) is -0.236. The minimum atomic E-state index is -5.19. The molecule has 4 aromatic rings. The largest absolute Gasteiger partial charge is 0.454 e. The summed E-state index contributed by atoms with van der Waals surface area (Å²) in [5.74, 6) is -0.686. The molecule has 2 heterocycles. The number of nitrogens with zero attached hydrogens (tertiary/aromatic N) is 4. The van der Waals surface area contributed by atoms with E-state index in [0.717, 1.165) is 16.7 Å². The van der Waals surface area contributed by atoms with Crippen LogP contribution < -0.4 is 16.3 Å². The number of aromatic nitrogens is 3. The van der Waals surface area contributed by atoms with Gasteiger partial charge in [0.25, 0.3) is 0 Å². The first-order valence-corrected chi connectivity index (χ1v) is 23.9. The van der Waals surface area contributed by atoms with Crippen molar-refractivity contribution in [2.24, 2.45) is 0 Å². The van der Waals surface area contributed by atoms with Crippen LogP contribution in [0, 0.1) is 5.82 Å². The maximum Gasteiger partial charge on any atom is 0.454 e. The van der Waals surface area contributed by atoms with Gasteiger partial charge < -0.3 is 81.0 Å². The number of likely N-dealkylation sites (N-methyl/N-ethyl adjacent to an activating group) is 2. The average Bonchev–Trinajstić information content (AvgIpc) is 3.66. The molecule has 0 bridgehead atoms. The Morgan fingerprint density at radius 1 is 0.743 bits per heavy atom. The zero-order chi connectivity index (χ0) is 55.9. The number of benzene rings is 3. The van der Waals surface area contributed by atoms with Gasteiger partial charge in [0.05, 0.1) is 68.4 Å². The standard InChI is InChI=1S/C30H28F7N4O6P.2C7H17NO5/c1-18(21-13-22(29(32,33)34)15-23(14-21)30(35,36)37)47-27-26(20-7-9-24(31)10-8-20)39(11-12-46-27)17-25-38-41(48(43,44)45)28(42)40(25)16-19-5-3-2-4-6-19;2*1-8-2-4(10)6(12)7(13)5(11)3-9/h2-10,13-15,18,26-27H,11-12,16-17H2,1H3,(H2,43,44,45);2*4-13H,2-3H2,1H3/t18-,26+,27-;2*4-,5+,6+,7+/m100/s1. The lowest BCUT2D eigenvalue weighted by atomic mass is 10.0. The topological polar surface area (TPSA) is 345 Å². The van der Waals surface area contributed by atoms with Crippen molar-refractivity contribution in [1.82, 2.24) is 29.7 Å². The van der Waals surface area contributed by atoms with Gasteiger partial charge >= 0.3 is 25.8 Å². The number of alkyl halides is 6. The van der Waals surface area contributed by atoms with Crippen LogP contribution in [0.2, 0.25) is 0 Å². The molecule has 0 amide bonds. The smallest absolute Gasteiger partial charge is 0.394 e. The molecule has 0 radical (unpaired) electrons. The number of aliphatic hydroxyl groups is 10. The number of hydrogen-bond acceptors (Lipinski definition) is 18. The second kappa shape index (κ2) is 28.7. The van der Waals surface area contributed by atoms with Crippen LogP contribution in [0.25, 0.3) is 0 Å². The predicted molar refractivity (Wildman–Crippen MR) is 245 cm³/mol. The van der Waals surface area contributed by atoms with E-state index >= 15 is 0 Å². The molecule has 1 aliphatic rings. The molecule has 0 unspecified atom stereocenters. The van der Waals surface area contributed by atoms with Crippen LogP contribution in [0.4, 0.5) is 30.7 Å². The molecule has 74 heavy (non-hydrogen) atoms. The highest BCUT2D eigenvalue weighted by atomic mass is 31.2. The summed E-state index contributed by atoms with van der Waals surface area (Å²) in [5.41, 5.74) is -3.62. The second-order valence-corrected chi connectivity index (χ2v) is 18.1. The van der Waals surface area contributed by atoms with E-state index in [1.165, 1.54) is 19.1 Å². The van der Waals surface area contributed by atoms with E-state index in [-0.39, 0.29) is 55.7 Å².